The normalized spacial score (nSPS) is 15.4. The van der Waals surface area contributed by atoms with Gasteiger partial charge in [-0.2, -0.15) is 0 Å². The molecule has 2 aromatic rings. The molecule has 0 aromatic heterocycles. The van der Waals surface area contributed by atoms with E-state index in [2.05, 4.69) is 17.6 Å². The van der Waals surface area contributed by atoms with Crippen LogP contribution < -0.4 is 20.1 Å². The third kappa shape index (κ3) is 5.57. The number of ether oxygens (including phenoxy) is 2. The van der Waals surface area contributed by atoms with Gasteiger partial charge in [0, 0.05) is 36.8 Å². The Labute approximate surface area is 187 Å². The number of hydrogen-bond donors (Lipinski definition) is 2. The highest BCUT2D eigenvalue weighted by atomic mass is 16.5. The van der Waals surface area contributed by atoms with E-state index in [0.29, 0.717) is 41.5 Å². The van der Waals surface area contributed by atoms with Crippen molar-refractivity contribution in [3.63, 3.8) is 0 Å². The molecule has 0 bridgehead atoms. The van der Waals surface area contributed by atoms with Crippen LogP contribution in [0.15, 0.2) is 42.5 Å². The van der Waals surface area contributed by atoms with Crippen molar-refractivity contribution in [3.05, 3.63) is 48.0 Å². The first-order chi connectivity index (χ1) is 15.4. The third-order valence-corrected chi connectivity index (χ3v) is 5.44. The van der Waals surface area contributed by atoms with Crippen LogP contribution >= 0.6 is 0 Å². The first-order valence-corrected chi connectivity index (χ1v) is 10.7. The highest BCUT2D eigenvalue weighted by molar-refractivity contribution is 6.05. The van der Waals surface area contributed by atoms with Gasteiger partial charge in [-0.3, -0.25) is 14.4 Å². The maximum Gasteiger partial charge on any atom is 0.255 e. The number of carbonyl (C=O) groups excluding carboxylic acids is 3. The zero-order valence-corrected chi connectivity index (χ0v) is 18.6. The lowest BCUT2D eigenvalue weighted by Gasteiger charge is -2.16. The second kappa shape index (κ2) is 10.7. The van der Waals surface area contributed by atoms with Gasteiger partial charge in [0.15, 0.2) is 0 Å². The fraction of sp³-hybridized carbons (Fsp3) is 0.375. The smallest absolute Gasteiger partial charge is 0.255 e. The Morgan fingerprint density at radius 2 is 1.81 bits per heavy atom. The van der Waals surface area contributed by atoms with E-state index in [-0.39, 0.29) is 30.1 Å². The Hall–Kier alpha value is -3.55. The summed E-state index contributed by atoms with van der Waals surface area (Å²) in [6.07, 6.45) is 2.18. The number of rotatable bonds is 9. The third-order valence-electron chi connectivity index (χ3n) is 5.44. The molecule has 8 nitrogen and oxygen atoms in total. The second-order valence-corrected chi connectivity index (χ2v) is 7.68. The molecule has 1 fully saturated rings. The van der Waals surface area contributed by atoms with E-state index in [4.69, 9.17) is 9.47 Å². The minimum absolute atomic E-state index is 0.0274. The number of carbonyl (C=O) groups is 3. The highest BCUT2D eigenvalue weighted by Gasteiger charge is 2.33. The van der Waals surface area contributed by atoms with Gasteiger partial charge in [-0.1, -0.05) is 13.3 Å². The van der Waals surface area contributed by atoms with Gasteiger partial charge in [0.2, 0.25) is 11.8 Å². The number of methoxy groups -OCH3 is 2. The molecule has 1 saturated heterocycles. The van der Waals surface area contributed by atoms with Crippen LogP contribution in [0.2, 0.25) is 0 Å². The van der Waals surface area contributed by atoms with Crippen LogP contribution in [0.3, 0.4) is 0 Å². The molecule has 1 heterocycles. The maximum absolute atomic E-state index is 12.6. The quantitative estimate of drug-likeness (QED) is 0.623. The molecule has 8 heteroatoms. The lowest BCUT2D eigenvalue weighted by molar-refractivity contribution is -0.128. The van der Waals surface area contributed by atoms with Gasteiger partial charge in [-0.15, -0.1) is 0 Å². The molecule has 170 valence electrons. The van der Waals surface area contributed by atoms with Gasteiger partial charge >= 0.3 is 0 Å². The fourth-order valence-electron chi connectivity index (χ4n) is 3.56. The number of unbranched alkanes of at least 4 members (excludes halogenated alkanes) is 1. The summed E-state index contributed by atoms with van der Waals surface area (Å²) in [5, 5.41) is 5.66. The molecule has 0 radical (unpaired) electrons. The predicted molar refractivity (Wildman–Crippen MR) is 122 cm³/mol. The van der Waals surface area contributed by atoms with E-state index < -0.39 is 0 Å². The van der Waals surface area contributed by atoms with Crippen molar-refractivity contribution < 1.29 is 23.9 Å². The van der Waals surface area contributed by atoms with Crippen molar-refractivity contribution >= 4 is 29.1 Å². The molecular weight excluding hydrogens is 410 g/mol. The summed E-state index contributed by atoms with van der Waals surface area (Å²) in [5.74, 6) is 0.291. The lowest BCUT2D eigenvalue weighted by atomic mass is 10.1. The molecule has 32 heavy (non-hydrogen) atoms. The van der Waals surface area contributed by atoms with Crippen molar-refractivity contribution in [2.45, 2.75) is 26.2 Å². The minimum Gasteiger partial charge on any atom is -0.497 e. The van der Waals surface area contributed by atoms with Crippen LogP contribution in [0.25, 0.3) is 0 Å². The number of nitrogens with one attached hydrogen (secondary N) is 2. The van der Waals surface area contributed by atoms with Crippen LogP contribution in [-0.4, -0.2) is 49.9 Å². The van der Waals surface area contributed by atoms with Crippen molar-refractivity contribution in [1.82, 2.24) is 4.90 Å². The Morgan fingerprint density at radius 1 is 1.06 bits per heavy atom. The number of benzene rings is 2. The number of amides is 3. The lowest BCUT2D eigenvalue weighted by Crippen LogP contribution is -2.29. The summed E-state index contributed by atoms with van der Waals surface area (Å²) in [6, 6.07) is 11.7. The van der Waals surface area contributed by atoms with Crippen LogP contribution in [0, 0.1) is 5.92 Å². The second-order valence-electron chi connectivity index (χ2n) is 7.68. The predicted octanol–water partition coefficient (Wildman–Crippen LogP) is 3.54. The number of likely N-dealkylation sites (tertiary alicyclic amines) is 1. The zero-order valence-electron chi connectivity index (χ0n) is 18.6. The fourth-order valence-corrected chi connectivity index (χ4v) is 3.56. The average molecular weight is 440 g/mol. The van der Waals surface area contributed by atoms with Gasteiger partial charge in [0.25, 0.3) is 5.91 Å². The van der Waals surface area contributed by atoms with Gasteiger partial charge in [0.05, 0.1) is 25.8 Å². The SMILES string of the molecule is CCCCN1CC(C(=O)Nc2ccc(C(=O)Nc3ccc(OC)cc3OC)cc2)CC1=O. The summed E-state index contributed by atoms with van der Waals surface area (Å²) in [5.41, 5.74) is 1.53. The van der Waals surface area contributed by atoms with Crippen molar-refractivity contribution in [1.29, 1.82) is 0 Å². The maximum atomic E-state index is 12.6. The van der Waals surface area contributed by atoms with E-state index in [1.807, 2.05) is 0 Å². The van der Waals surface area contributed by atoms with Crippen LogP contribution in [0.5, 0.6) is 11.5 Å². The number of nitrogens with zero attached hydrogens (tertiary/aromatic N) is 1. The molecule has 2 aromatic carbocycles. The van der Waals surface area contributed by atoms with Crippen molar-refractivity contribution in [2.75, 3.05) is 37.9 Å². The summed E-state index contributed by atoms with van der Waals surface area (Å²) < 4.78 is 10.5. The monoisotopic (exact) mass is 439 g/mol. The molecule has 2 N–H and O–H groups in total. The van der Waals surface area contributed by atoms with E-state index in [1.54, 1.807) is 54.5 Å². The number of hydrogen-bond acceptors (Lipinski definition) is 5. The Morgan fingerprint density at radius 3 is 2.47 bits per heavy atom. The molecule has 0 saturated carbocycles. The van der Waals surface area contributed by atoms with E-state index in [1.165, 1.54) is 7.11 Å². The number of anilines is 2. The summed E-state index contributed by atoms with van der Waals surface area (Å²) >= 11 is 0. The molecular formula is C24H29N3O5. The molecule has 1 unspecified atom stereocenters. The minimum atomic E-state index is -0.357. The van der Waals surface area contributed by atoms with E-state index in [9.17, 15) is 14.4 Å². The molecule has 1 aliphatic heterocycles. The Kier molecular flexibility index (Phi) is 7.70. The van der Waals surface area contributed by atoms with Crippen LogP contribution in [0.4, 0.5) is 11.4 Å². The van der Waals surface area contributed by atoms with E-state index >= 15 is 0 Å². The van der Waals surface area contributed by atoms with Crippen molar-refractivity contribution in [2.24, 2.45) is 5.92 Å². The summed E-state index contributed by atoms with van der Waals surface area (Å²) in [6.45, 7) is 3.22. The zero-order chi connectivity index (χ0) is 23.1. The topological polar surface area (TPSA) is 97.0 Å². The summed E-state index contributed by atoms with van der Waals surface area (Å²) in [7, 11) is 3.07. The van der Waals surface area contributed by atoms with Crippen molar-refractivity contribution in [3.8, 4) is 11.5 Å². The largest absolute Gasteiger partial charge is 0.497 e. The van der Waals surface area contributed by atoms with E-state index in [0.717, 1.165) is 12.8 Å². The molecule has 3 rings (SSSR count). The summed E-state index contributed by atoms with van der Waals surface area (Å²) in [4.78, 5) is 39.0. The Balaban J connectivity index is 1.58. The van der Waals surface area contributed by atoms with Gasteiger partial charge in [-0.05, 0) is 42.8 Å². The van der Waals surface area contributed by atoms with Crippen LogP contribution in [0.1, 0.15) is 36.5 Å². The highest BCUT2D eigenvalue weighted by Crippen LogP contribution is 2.29. The Bertz CT molecular complexity index is 974. The molecule has 1 atom stereocenters. The molecule has 0 aliphatic carbocycles. The van der Waals surface area contributed by atoms with Crippen LogP contribution in [-0.2, 0) is 9.59 Å². The van der Waals surface area contributed by atoms with Gasteiger partial charge in [0.1, 0.15) is 11.5 Å². The molecule has 1 aliphatic rings. The molecule has 0 spiro atoms. The van der Waals surface area contributed by atoms with Gasteiger partial charge < -0.3 is 25.0 Å². The standard InChI is InChI=1S/C24H29N3O5/c1-4-5-12-27-15-17(13-22(27)28)24(30)25-18-8-6-16(7-9-18)23(29)26-20-11-10-19(31-2)14-21(20)32-3/h6-11,14,17H,4-5,12-13,15H2,1-3H3,(H,25,30)(H,26,29). The first-order valence-electron chi connectivity index (χ1n) is 10.7. The first kappa shape index (κ1) is 23.1. The molecule has 3 amide bonds. The van der Waals surface area contributed by atoms with Gasteiger partial charge in [-0.25, -0.2) is 0 Å². The average Bonchev–Trinajstić information content (AvgIpc) is 3.18.